The number of ether oxygens (including phenoxy) is 1. The highest BCUT2D eigenvalue weighted by Crippen LogP contribution is 2.29. The van der Waals surface area contributed by atoms with E-state index in [2.05, 4.69) is 12.2 Å². The molecule has 7 nitrogen and oxygen atoms in total. The van der Waals surface area contributed by atoms with Gasteiger partial charge in [-0.25, -0.2) is 9.78 Å². The average Bonchev–Trinajstić information content (AvgIpc) is 2.92. The monoisotopic (exact) mass is 532 g/mol. The number of rotatable bonds is 9. The summed E-state index contributed by atoms with van der Waals surface area (Å²) in [7, 11) is 1.58. The molecule has 0 aliphatic carbocycles. The fourth-order valence-electron chi connectivity index (χ4n) is 4.51. The Morgan fingerprint density at radius 3 is 2.55 bits per heavy atom. The van der Waals surface area contributed by atoms with Crippen molar-refractivity contribution in [3.05, 3.63) is 93.5 Å². The van der Waals surface area contributed by atoms with Crippen LogP contribution in [0.25, 0.3) is 16.6 Å². The van der Waals surface area contributed by atoms with Crippen LogP contribution in [0.15, 0.2) is 71.5 Å². The molecule has 0 radical (unpaired) electrons. The van der Waals surface area contributed by atoms with Crippen LogP contribution in [-0.4, -0.2) is 34.1 Å². The zero-order valence-corrected chi connectivity index (χ0v) is 23.0. The largest absolute Gasteiger partial charge is 0.495 e. The van der Waals surface area contributed by atoms with Crippen LogP contribution in [0.3, 0.4) is 0 Å². The second-order valence-corrected chi connectivity index (χ2v) is 9.75. The molecule has 0 bridgehead atoms. The number of carbonyl (C=O) groups excluding carboxylic acids is 1. The topological polar surface area (TPSA) is 76.5 Å². The van der Waals surface area contributed by atoms with Crippen LogP contribution in [0.4, 0.5) is 10.5 Å². The Balaban J connectivity index is 1.86. The van der Waals surface area contributed by atoms with Crippen molar-refractivity contribution in [2.24, 2.45) is 0 Å². The molecule has 1 aromatic heterocycles. The maximum atomic E-state index is 13.9. The number of aryl methyl sites for hydroxylation is 1. The van der Waals surface area contributed by atoms with Gasteiger partial charge >= 0.3 is 6.03 Å². The average molecular weight is 533 g/mol. The van der Waals surface area contributed by atoms with Crippen molar-refractivity contribution >= 4 is 34.2 Å². The fourth-order valence-corrected chi connectivity index (χ4v) is 4.63. The molecule has 38 heavy (non-hydrogen) atoms. The number of hydrogen-bond acceptors (Lipinski definition) is 4. The van der Waals surface area contributed by atoms with E-state index < -0.39 is 6.04 Å². The molecule has 4 rings (SSSR count). The Hall–Kier alpha value is -3.84. The summed E-state index contributed by atoms with van der Waals surface area (Å²) in [4.78, 5) is 34.2. The van der Waals surface area contributed by atoms with Gasteiger partial charge in [0, 0.05) is 17.3 Å². The molecule has 4 aromatic rings. The van der Waals surface area contributed by atoms with Gasteiger partial charge in [-0.05, 0) is 74.4 Å². The predicted octanol–water partition coefficient (Wildman–Crippen LogP) is 7.14. The predicted molar refractivity (Wildman–Crippen MR) is 154 cm³/mol. The molecule has 0 aliphatic heterocycles. The number of nitrogens with zero attached hydrogens (tertiary/aromatic N) is 3. The van der Waals surface area contributed by atoms with Gasteiger partial charge in [0.15, 0.2) is 0 Å². The molecule has 1 unspecified atom stereocenters. The quantitative estimate of drug-likeness (QED) is 0.232. The number of methoxy groups -OCH3 is 1. The van der Waals surface area contributed by atoms with Crippen molar-refractivity contribution in [3.8, 4) is 11.4 Å². The number of unbranched alkanes of at least 4 members (excludes halogenated alkanes) is 2. The van der Waals surface area contributed by atoms with Crippen molar-refractivity contribution in [2.75, 3.05) is 19.0 Å². The Kier molecular flexibility index (Phi) is 8.69. The first kappa shape index (κ1) is 27.2. The van der Waals surface area contributed by atoms with Crippen LogP contribution in [0.5, 0.6) is 5.75 Å². The van der Waals surface area contributed by atoms with E-state index in [-0.39, 0.29) is 11.6 Å². The van der Waals surface area contributed by atoms with Gasteiger partial charge in [0.25, 0.3) is 5.56 Å². The lowest BCUT2D eigenvalue weighted by Gasteiger charge is -2.31. The number of aromatic nitrogens is 2. The number of halogens is 1. The van der Waals surface area contributed by atoms with Gasteiger partial charge in [0.05, 0.1) is 29.7 Å². The van der Waals surface area contributed by atoms with Crippen LogP contribution in [0.2, 0.25) is 5.02 Å². The number of hydrogen-bond donors (Lipinski definition) is 1. The number of anilines is 1. The number of para-hydroxylation sites is 1. The van der Waals surface area contributed by atoms with E-state index in [1.165, 1.54) is 0 Å². The number of urea groups is 1. The Morgan fingerprint density at radius 1 is 1.11 bits per heavy atom. The third-order valence-corrected chi connectivity index (χ3v) is 6.83. The second-order valence-electron chi connectivity index (χ2n) is 9.32. The maximum Gasteiger partial charge on any atom is 0.322 e. The Bertz CT molecular complexity index is 1480. The van der Waals surface area contributed by atoms with Gasteiger partial charge in [-0.1, -0.05) is 49.6 Å². The van der Waals surface area contributed by atoms with Gasteiger partial charge in [-0.3, -0.25) is 9.36 Å². The summed E-state index contributed by atoms with van der Waals surface area (Å²) in [5.74, 6) is 1.01. The first-order chi connectivity index (χ1) is 18.3. The van der Waals surface area contributed by atoms with Gasteiger partial charge < -0.3 is 15.0 Å². The summed E-state index contributed by atoms with van der Waals surface area (Å²) in [5.41, 5.74) is 2.56. The summed E-state index contributed by atoms with van der Waals surface area (Å²) in [6.07, 6.45) is 2.81. The van der Waals surface area contributed by atoms with Crippen molar-refractivity contribution < 1.29 is 9.53 Å². The van der Waals surface area contributed by atoms with Crippen LogP contribution >= 0.6 is 11.6 Å². The summed E-state index contributed by atoms with van der Waals surface area (Å²) in [5, 5.41) is 4.06. The minimum atomic E-state index is -0.526. The molecular formula is C30H33ClN4O3. The summed E-state index contributed by atoms with van der Waals surface area (Å²) < 4.78 is 7.23. The third-order valence-electron chi connectivity index (χ3n) is 6.58. The smallest absolute Gasteiger partial charge is 0.322 e. The summed E-state index contributed by atoms with van der Waals surface area (Å²) >= 11 is 6.03. The zero-order chi connectivity index (χ0) is 27.2. The molecule has 0 aliphatic rings. The number of carbonyl (C=O) groups is 1. The van der Waals surface area contributed by atoms with E-state index in [9.17, 15) is 9.59 Å². The van der Waals surface area contributed by atoms with E-state index >= 15 is 0 Å². The maximum absolute atomic E-state index is 13.9. The molecule has 3 aromatic carbocycles. The molecular weight excluding hydrogens is 500 g/mol. The molecule has 1 N–H and O–H groups in total. The van der Waals surface area contributed by atoms with Crippen LogP contribution < -0.4 is 15.6 Å². The standard InChI is InChI=1S/C30H33ClN4O3/c1-5-6-9-18-34(30(37)32-23-15-13-22(31)14-16-23)21(3)28-33-25-11-8-7-10-24(25)29(36)35(28)26-19-20(2)12-17-27(26)38-4/h7-8,10-17,19,21H,5-6,9,18H2,1-4H3,(H,32,37). The molecule has 0 saturated heterocycles. The van der Waals surface area contributed by atoms with E-state index in [0.717, 1.165) is 24.8 Å². The Morgan fingerprint density at radius 2 is 1.84 bits per heavy atom. The number of fused-ring (bicyclic) bond motifs is 1. The lowest BCUT2D eigenvalue weighted by atomic mass is 10.1. The minimum absolute atomic E-state index is 0.215. The Labute approximate surface area is 228 Å². The van der Waals surface area contributed by atoms with Gasteiger partial charge in [0.2, 0.25) is 0 Å². The third kappa shape index (κ3) is 5.83. The number of nitrogens with one attached hydrogen (secondary N) is 1. The molecule has 8 heteroatoms. The normalized spacial score (nSPS) is 11.8. The van der Waals surface area contributed by atoms with E-state index in [4.69, 9.17) is 21.3 Å². The van der Waals surface area contributed by atoms with Crippen molar-refractivity contribution in [2.45, 2.75) is 46.1 Å². The van der Waals surface area contributed by atoms with Crippen LogP contribution in [0, 0.1) is 6.92 Å². The minimum Gasteiger partial charge on any atom is -0.495 e. The highest BCUT2D eigenvalue weighted by atomic mass is 35.5. The van der Waals surface area contributed by atoms with Crippen molar-refractivity contribution in [3.63, 3.8) is 0 Å². The highest BCUT2D eigenvalue weighted by Gasteiger charge is 2.28. The molecule has 0 saturated carbocycles. The lowest BCUT2D eigenvalue weighted by Crippen LogP contribution is -2.40. The van der Waals surface area contributed by atoms with Crippen LogP contribution in [-0.2, 0) is 0 Å². The first-order valence-electron chi connectivity index (χ1n) is 12.8. The van der Waals surface area contributed by atoms with Crippen LogP contribution in [0.1, 0.15) is 50.5 Å². The molecule has 1 heterocycles. The van der Waals surface area contributed by atoms with Crippen molar-refractivity contribution in [1.82, 2.24) is 14.5 Å². The molecule has 198 valence electrons. The molecule has 0 fully saturated rings. The first-order valence-corrected chi connectivity index (χ1v) is 13.2. The lowest BCUT2D eigenvalue weighted by molar-refractivity contribution is 0.187. The van der Waals surface area contributed by atoms with E-state index in [0.29, 0.717) is 45.4 Å². The molecule has 1 atom stereocenters. The van der Waals surface area contributed by atoms with Gasteiger partial charge in [0.1, 0.15) is 11.6 Å². The SMILES string of the molecule is CCCCCN(C(=O)Nc1ccc(Cl)cc1)C(C)c1nc2ccccc2c(=O)n1-c1cc(C)ccc1OC. The highest BCUT2D eigenvalue weighted by molar-refractivity contribution is 6.30. The second kappa shape index (κ2) is 12.1. The summed E-state index contributed by atoms with van der Waals surface area (Å²) in [6, 6.07) is 19.1. The zero-order valence-electron chi connectivity index (χ0n) is 22.2. The number of amides is 2. The van der Waals surface area contributed by atoms with E-state index in [1.807, 2.05) is 50.2 Å². The summed E-state index contributed by atoms with van der Waals surface area (Å²) in [6.45, 7) is 6.49. The van der Waals surface area contributed by atoms with Gasteiger partial charge in [-0.15, -0.1) is 0 Å². The number of benzene rings is 3. The van der Waals surface area contributed by atoms with E-state index in [1.54, 1.807) is 46.9 Å². The molecule has 2 amide bonds. The fraction of sp³-hybridized carbons (Fsp3) is 0.300. The van der Waals surface area contributed by atoms with Gasteiger partial charge in [-0.2, -0.15) is 0 Å². The van der Waals surface area contributed by atoms with Crippen molar-refractivity contribution in [1.29, 1.82) is 0 Å². The molecule has 0 spiro atoms.